The molecule has 2 heterocycles. The highest BCUT2D eigenvalue weighted by molar-refractivity contribution is 9.11. The summed E-state index contributed by atoms with van der Waals surface area (Å²) in [7, 11) is -3.93. The van der Waals surface area contributed by atoms with E-state index >= 15 is 0 Å². The summed E-state index contributed by atoms with van der Waals surface area (Å²) >= 11 is 3.82. The van der Waals surface area contributed by atoms with Crippen molar-refractivity contribution >= 4 is 43.3 Å². The van der Waals surface area contributed by atoms with E-state index in [4.69, 9.17) is 5.11 Å². The Morgan fingerprint density at radius 1 is 1.37 bits per heavy atom. The number of aliphatic hydroxyl groups excluding tert-OH is 2. The maximum atomic E-state index is 12.3. The number of carboxylic acid groups (broad SMARTS) is 1. The fourth-order valence-electron chi connectivity index (χ4n) is 1.70. The molecule has 3 N–H and O–H groups in total. The molecule has 1 fully saturated rings. The number of sulfonamides is 1. The van der Waals surface area contributed by atoms with Crippen LogP contribution in [0.4, 0.5) is 0 Å². The van der Waals surface area contributed by atoms with Crippen LogP contribution in [0, 0.1) is 0 Å². The first kappa shape index (κ1) is 14.9. The summed E-state index contributed by atoms with van der Waals surface area (Å²) in [6, 6.07) is 1.06. The maximum absolute atomic E-state index is 12.3. The average molecular weight is 372 g/mol. The van der Waals surface area contributed by atoms with Gasteiger partial charge in [0.05, 0.1) is 16.0 Å². The summed E-state index contributed by atoms with van der Waals surface area (Å²) in [6.45, 7) is -0.428. The molecule has 1 aliphatic heterocycles. The highest BCUT2D eigenvalue weighted by Gasteiger charge is 2.39. The zero-order chi connectivity index (χ0) is 14.4. The average Bonchev–Trinajstić information content (AvgIpc) is 2.84. The van der Waals surface area contributed by atoms with Crippen LogP contribution in [-0.2, 0) is 10.0 Å². The highest BCUT2D eigenvalue weighted by Crippen LogP contribution is 2.34. The molecule has 1 aliphatic rings. The van der Waals surface area contributed by atoms with Gasteiger partial charge in [-0.05, 0) is 22.0 Å². The van der Waals surface area contributed by atoms with Crippen LogP contribution >= 0.6 is 27.3 Å². The van der Waals surface area contributed by atoms with Crippen LogP contribution in [0.2, 0.25) is 0 Å². The van der Waals surface area contributed by atoms with Gasteiger partial charge < -0.3 is 15.3 Å². The second-order valence-corrected chi connectivity index (χ2v) is 8.29. The molecule has 0 radical (unpaired) electrons. The molecular formula is C9H10BrNO6S2. The van der Waals surface area contributed by atoms with Crippen LogP contribution in [0.15, 0.2) is 14.7 Å². The number of carbonyl (C=O) groups is 1. The first-order chi connectivity index (χ1) is 8.73. The normalized spacial score (nSPS) is 24.8. The number of halogens is 1. The van der Waals surface area contributed by atoms with Crippen molar-refractivity contribution in [1.29, 1.82) is 0 Å². The summed E-state index contributed by atoms with van der Waals surface area (Å²) < 4.78 is 25.7. The maximum Gasteiger partial charge on any atom is 0.345 e. The van der Waals surface area contributed by atoms with E-state index in [1.807, 2.05) is 0 Å². The molecule has 0 spiro atoms. The van der Waals surface area contributed by atoms with Crippen molar-refractivity contribution in [3.63, 3.8) is 0 Å². The third-order valence-corrected chi connectivity index (χ3v) is 6.78. The van der Waals surface area contributed by atoms with Gasteiger partial charge in [0.15, 0.2) is 0 Å². The second kappa shape index (κ2) is 5.11. The minimum atomic E-state index is -3.93. The van der Waals surface area contributed by atoms with Crippen LogP contribution in [0.5, 0.6) is 0 Å². The number of rotatable bonds is 3. The van der Waals surface area contributed by atoms with Gasteiger partial charge in [0.2, 0.25) is 10.0 Å². The van der Waals surface area contributed by atoms with Crippen molar-refractivity contribution in [2.24, 2.45) is 0 Å². The topological polar surface area (TPSA) is 115 Å². The lowest BCUT2D eigenvalue weighted by Gasteiger charge is -2.14. The van der Waals surface area contributed by atoms with Gasteiger partial charge in [0.1, 0.15) is 9.77 Å². The van der Waals surface area contributed by atoms with Crippen molar-refractivity contribution < 1.29 is 28.5 Å². The fraction of sp³-hybridized carbons (Fsp3) is 0.444. The summed E-state index contributed by atoms with van der Waals surface area (Å²) in [6.07, 6.45) is -2.27. The highest BCUT2D eigenvalue weighted by atomic mass is 79.9. The molecule has 10 heteroatoms. The van der Waals surface area contributed by atoms with E-state index in [2.05, 4.69) is 15.9 Å². The van der Waals surface area contributed by atoms with E-state index in [0.29, 0.717) is 0 Å². The largest absolute Gasteiger partial charge is 0.477 e. The molecule has 0 saturated carbocycles. The number of aromatic carboxylic acids is 1. The molecule has 7 nitrogen and oxygen atoms in total. The van der Waals surface area contributed by atoms with Crippen LogP contribution in [0.25, 0.3) is 0 Å². The lowest BCUT2D eigenvalue weighted by molar-refractivity contribution is 0.0572. The number of β-amino-alcohol motifs (C(OH)–C–C–N with tert-alkyl or cyclic N) is 2. The van der Waals surface area contributed by atoms with Gasteiger partial charge in [0, 0.05) is 13.1 Å². The quantitative estimate of drug-likeness (QED) is 0.685. The molecule has 1 aromatic heterocycles. The van der Waals surface area contributed by atoms with E-state index in [9.17, 15) is 23.4 Å². The fourth-order valence-corrected chi connectivity index (χ4v) is 5.53. The zero-order valence-corrected chi connectivity index (χ0v) is 12.6. The first-order valence-corrected chi connectivity index (χ1v) is 8.17. The van der Waals surface area contributed by atoms with Gasteiger partial charge in [-0.25, -0.2) is 13.2 Å². The standard InChI is InChI=1S/C9H10BrNO6S2/c10-8-7(1-6(18-8)9(14)15)19(16,17)11-2-4(12)5(13)3-11/h1,4-5,12-13H,2-3H2,(H,14,15)/t4-,5+. The second-order valence-electron chi connectivity index (χ2n) is 4.01. The van der Waals surface area contributed by atoms with Crippen molar-refractivity contribution in [2.45, 2.75) is 17.1 Å². The number of nitrogens with zero attached hydrogens (tertiary/aromatic N) is 1. The molecule has 0 unspecified atom stereocenters. The van der Waals surface area contributed by atoms with E-state index in [1.165, 1.54) is 0 Å². The number of hydrogen-bond acceptors (Lipinski definition) is 6. The van der Waals surface area contributed by atoms with Gasteiger partial charge in [-0.1, -0.05) is 0 Å². The predicted molar refractivity (Wildman–Crippen MR) is 69.8 cm³/mol. The van der Waals surface area contributed by atoms with Crippen molar-refractivity contribution in [3.05, 3.63) is 14.7 Å². The summed E-state index contributed by atoms with van der Waals surface area (Å²) in [5.74, 6) is -1.21. The molecule has 0 aliphatic carbocycles. The monoisotopic (exact) mass is 371 g/mol. The van der Waals surface area contributed by atoms with Gasteiger partial charge in [-0.3, -0.25) is 0 Å². The Hall–Kier alpha value is -0.520. The summed E-state index contributed by atoms with van der Waals surface area (Å²) in [4.78, 5) is 10.5. The molecule has 1 aromatic rings. The lowest BCUT2D eigenvalue weighted by Crippen LogP contribution is -2.29. The Morgan fingerprint density at radius 3 is 2.32 bits per heavy atom. The van der Waals surface area contributed by atoms with Crippen molar-refractivity contribution in [1.82, 2.24) is 4.31 Å². The van der Waals surface area contributed by atoms with Crippen molar-refractivity contribution in [2.75, 3.05) is 13.1 Å². The van der Waals surface area contributed by atoms with Gasteiger partial charge in [-0.2, -0.15) is 4.31 Å². The molecule has 0 aromatic carbocycles. The van der Waals surface area contributed by atoms with E-state index in [-0.39, 0.29) is 26.6 Å². The van der Waals surface area contributed by atoms with E-state index < -0.39 is 28.2 Å². The SMILES string of the molecule is O=C(O)c1cc(S(=O)(=O)N2C[C@@H](O)[C@@H](O)C2)c(Br)s1. The van der Waals surface area contributed by atoms with Gasteiger partial charge in [0.25, 0.3) is 0 Å². The van der Waals surface area contributed by atoms with Gasteiger partial charge in [-0.15, -0.1) is 11.3 Å². The van der Waals surface area contributed by atoms with E-state index in [0.717, 1.165) is 21.7 Å². The van der Waals surface area contributed by atoms with Crippen LogP contribution < -0.4 is 0 Å². The zero-order valence-electron chi connectivity index (χ0n) is 9.35. The molecule has 0 amide bonds. The molecule has 19 heavy (non-hydrogen) atoms. The molecule has 0 bridgehead atoms. The first-order valence-electron chi connectivity index (χ1n) is 5.12. The molecule has 1 saturated heterocycles. The molecule has 2 atom stereocenters. The molecule has 2 rings (SSSR count). The number of aliphatic hydroxyl groups is 2. The predicted octanol–water partition coefficient (Wildman–Crippen LogP) is -0.0651. The van der Waals surface area contributed by atoms with Crippen LogP contribution in [0.3, 0.4) is 0 Å². The van der Waals surface area contributed by atoms with Crippen LogP contribution in [-0.4, -0.2) is 59.3 Å². The Labute approximate surface area is 121 Å². The Balaban J connectivity index is 2.38. The third kappa shape index (κ3) is 2.69. The third-order valence-electron chi connectivity index (χ3n) is 2.71. The smallest absolute Gasteiger partial charge is 0.345 e. The summed E-state index contributed by atoms with van der Waals surface area (Å²) in [5, 5.41) is 27.6. The number of carboxylic acids is 1. The Kier molecular flexibility index (Phi) is 4.00. The number of hydrogen-bond donors (Lipinski definition) is 3. The minimum Gasteiger partial charge on any atom is -0.477 e. The van der Waals surface area contributed by atoms with Crippen LogP contribution in [0.1, 0.15) is 9.67 Å². The lowest BCUT2D eigenvalue weighted by atomic mass is 10.3. The summed E-state index contributed by atoms with van der Waals surface area (Å²) in [5.41, 5.74) is 0. The molecule has 106 valence electrons. The van der Waals surface area contributed by atoms with E-state index in [1.54, 1.807) is 0 Å². The number of thiophene rings is 1. The van der Waals surface area contributed by atoms with Crippen molar-refractivity contribution in [3.8, 4) is 0 Å². The Bertz CT molecular complexity index is 602. The minimum absolute atomic E-state index is 0.106. The Morgan fingerprint density at radius 2 is 1.89 bits per heavy atom. The van der Waals surface area contributed by atoms with Gasteiger partial charge >= 0.3 is 5.97 Å². The molecular weight excluding hydrogens is 362 g/mol.